The molecule has 0 unspecified atom stereocenters. The van der Waals surface area contributed by atoms with E-state index in [1.54, 1.807) is 6.26 Å². The Bertz CT molecular complexity index is 380. The molecular formula is C9H10N2O3. The number of hydrogen-bond acceptors (Lipinski definition) is 5. The maximum Gasteiger partial charge on any atom is 0.227 e. The predicted molar refractivity (Wildman–Crippen MR) is 46.3 cm³/mol. The van der Waals surface area contributed by atoms with Gasteiger partial charge in [0.25, 0.3) is 0 Å². The van der Waals surface area contributed by atoms with Crippen LogP contribution >= 0.6 is 0 Å². The van der Waals surface area contributed by atoms with E-state index in [1.165, 1.54) is 0 Å². The Morgan fingerprint density at radius 2 is 2.29 bits per heavy atom. The summed E-state index contributed by atoms with van der Waals surface area (Å²) in [5.41, 5.74) is 0. The molecule has 0 aliphatic heterocycles. The molecule has 2 aromatic rings. The second-order valence-electron chi connectivity index (χ2n) is 2.84. The Balaban J connectivity index is 1.92. The number of aryl methyl sites for hydroxylation is 2. The normalized spacial score (nSPS) is 10.6. The summed E-state index contributed by atoms with van der Waals surface area (Å²) in [6, 6.07) is 3.73. The summed E-state index contributed by atoms with van der Waals surface area (Å²) < 4.78 is 10.0. The molecule has 5 nitrogen and oxygen atoms in total. The van der Waals surface area contributed by atoms with Gasteiger partial charge in [-0.2, -0.15) is 4.98 Å². The Labute approximate surface area is 80.4 Å². The maximum absolute atomic E-state index is 8.70. The van der Waals surface area contributed by atoms with Gasteiger partial charge in [0.1, 0.15) is 12.4 Å². The van der Waals surface area contributed by atoms with Crippen LogP contribution in [0.15, 0.2) is 27.3 Å². The van der Waals surface area contributed by atoms with E-state index in [-0.39, 0.29) is 6.61 Å². The van der Waals surface area contributed by atoms with Crippen LogP contribution in [0.5, 0.6) is 0 Å². The molecule has 2 rings (SSSR count). The SMILES string of the molecule is OCc1noc(CCc2ccco2)n1. The zero-order chi connectivity index (χ0) is 9.80. The van der Waals surface area contributed by atoms with Gasteiger partial charge >= 0.3 is 0 Å². The number of aliphatic hydroxyl groups is 1. The molecule has 1 N–H and O–H groups in total. The van der Waals surface area contributed by atoms with Gasteiger partial charge in [-0.3, -0.25) is 0 Å². The lowest BCUT2D eigenvalue weighted by atomic mass is 10.2. The lowest BCUT2D eigenvalue weighted by Crippen LogP contribution is -1.91. The number of furan rings is 1. The molecule has 0 saturated carbocycles. The summed E-state index contributed by atoms with van der Waals surface area (Å²) in [5, 5.41) is 12.3. The highest BCUT2D eigenvalue weighted by Crippen LogP contribution is 2.06. The minimum atomic E-state index is -0.190. The molecule has 0 amide bonds. The smallest absolute Gasteiger partial charge is 0.227 e. The minimum absolute atomic E-state index is 0.190. The summed E-state index contributed by atoms with van der Waals surface area (Å²) in [5.74, 6) is 1.72. The fraction of sp³-hybridized carbons (Fsp3) is 0.333. The van der Waals surface area contributed by atoms with E-state index >= 15 is 0 Å². The van der Waals surface area contributed by atoms with Crippen LogP contribution in [0.4, 0.5) is 0 Å². The van der Waals surface area contributed by atoms with Crippen molar-refractivity contribution in [3.63, 3.8) is 0 Å². The van der Waals surface area contributed by atoms with E-state index in [1.807, 2.05) is 12.1 Å². The maximum atomic E-state index is 8.70. The van der Waals surface area contributed by atoms with Gasteiger partial charge in [-0.1, -0.05) is 5.16 Å². The van der Waals surface area contributed by atoms with Gasteiger partial charge in [-0.05, 0) is 12.1 Å². The molecule has 14 heavy (non-hydrogen) atoms. The molecule has 0 spiro atoms. The molecule has 0 aliphatic rings. The third-order valence-corrected chi connectivity index (χ3v) is 1.82. The fourth-order valence-corrected chi connectivity index (χ4v) is 1.14. The monoisotopic (exact) mass is 194 g/mol. The first-order valence-electron chi connectivity index (χ1n) is 4.33. The van der Waals surface area contributed by atoms with E-state index in [0.717, 1.165) is 12.2 Å². The second-order valence-corrected chi connectivity index (χ2v) is 2.84. The van der Waals surface area contributed by atoms with Crippen molar-refractivity contribution < 1.29 is 14.0 Å². The van der Waals surface area contributed by atoms with Crippen LogP contribution in [0.2, 0.25) is 0 Å². The number of nitrogens with zero attached hydrogens (tertiary/aromatic N) is 2. The molecule has 74 valence electrons. The molecule has 0 atom stereocenters. The molecular weight excluding hydrogens is 184 g/mol. The molecule has 0 fully saturated rings. The Kier molecular flexibility index (Phi) is 2.60. The van der Waals surface area contributed by atoms with Crippen LogP contribution in [-0.4, -0.2) is 15.2 Å². The van der Waals surface area contributed by atoms with Crippen molar-refractivity contribution in [2.75, 3.05) is 0 Å². The molecule has 0 aromatic carbocycles. The van der Waals surface area contributed by atoms with Crippen LogP contribution in [0, 0.1) is 0 Å². The quantitative estimate of drug-likeness (QED) is 0.784. The van der Waals surface area contributed by atoms with Gasteiger partial charge in [0.05, 0.1) is 6.26 Å². The Morgan fingerprint density at radius 1 is 1.36 bits per heavy atom. The van der Waals surface area contributed by atoms with Crippen molar-refractivity contribution in [1.82, 2.24) is 10.1 Å². The zero-order valence-corrected chi connectivity index (χ0v) is 7.51. The fourth-order valence-electron chi connectivity index (χ4n) is 1.14. The van der Waals surface area contributed by atoms with E-state index in [2.05, 4.69) is 10.1 Å². The first kappa shape index (κ1) is 8.96. The average molecular weight is 194 g/mol. The lowest BCUT2D eigenvalue weighted by molar-refractivity contribution is 0.262. The first-order chi connectivity index (χ1) is 6.88. The van der Waals surface area contributed by atoms with Crippen LogP contribution in [-0.2, 0) is 19.4 Å². The third-order valence-electron chi connectivity index (χ3n) is 1.82. The minimum Gasteiger partial charge on any atom is -0.469 e. The molecule has 0 radical (unpaired) electrons. The van der Waals surface area contributed by atoms with Gasteiger partial charge in [0.15, 0.2) is 5.82 Å². The Hall–Kier alpha value is -1.62. The number of aromatic nitrogens is 2. The summed E-state index contributed by atoms with van der Waals surface area (Å²) in [6.07, 6.45) is 2.98. The van der Waals surface area contributed by atoms with E-state index < -0.39 is 0 Å². The third kappa shape index (κ3) is 2.00. The highest BCUT2D eigenvalue weighted by molar-refractivity contribution is 5.00. The van der Waals surface area contributed by atoms with Crippen LogP contribution in [0.3, 0.4) is 0 Å². The first-order valence-corrected chi connectivity index (χ1v) is 4.33. The highest BCUT2D eigenvalue weighted by Gasteiger charge is 2.05. The largest absolute Gasteiger partial charge is 0.469 e. The van der Waals surface area contributed by atoms with Gasteiger partial charge in [-0.25, -0.2) is 0 Å². The van der Waals surface area contributed by atoms with Gasteiger partial charge in [0.2, 0.25) is 5.89 Å². The van der Waals surface area contributed by atoms with Crippen molar-refractivity contribution in [3.05, 3.63) is 35.9 Å². The van der Waals surface area contributed by atoms with Crippen LogP contribution < -0.4 is 0 Å². The van der Waals surface area contributed by atoms with Crippen molar-refractivity contribution >= 4 is 0 Å². The molecule has 2 heterocycles. The van der Waals surface area contributed by atoms with Crippen molar-refractivity contribution in [2.24, 2.45) is 0 Å². The zero-order valence-electron chi connectivity index (χ0n) is 7.51. The van der Waals surface area contributed by atoms with E-state index in [4.69, 9.17) is 14.0 Å². The van der Waals surface area contributed by atoms with Crippen LogP contribution in [0.25, 0.3) is 0 Å². The standard InChI is InChI=1S/C9H10N2O3/c12-6-8-10-9(14-11-8)4-3-7-2-1-5-13-7/h1-2,5,12H,3-4,6H2. The van der Waals surface area contributed by atoms with Crippen molar-refractivity contribution in [2.45, 2.75) is 19.4 Å². The lowest BCUT2D eigenvalue weighted by Gasteiger charge is -1.90. The van der Waals surface area contributed by atoms with Gasteiger partial charge in [-0.15, -0.1) is 0 Å². The number of hydrogen-bond donors (Lipinski definition) is 1. The summed E-state index contributed by atoms with van der Waals surface area (Å²) in [6.45, 7) is -0.190. The molecule has 0 aliphatic carbocycles. The summed E-state index contributed by atoms with van der Waals surface area (Å²) in [4.78, 5) is 3.96. The van der Waals surface area contributed by atoms with Crippen LogP contribution in [0.1, 0.15) is 17.5 Å². The molecule has 5 heteroatoms. The molecule has 2 aromatic heterocycles. The average Bonchev–Trinajstić information content (AvgIpc) is 2.86. The Morgan fingerprint density at radius 3 is 2.93 bits per heavy atom. The van der Waals surface area contributed by atoms with E-state index in [9.17, 15) is 0 Å². The topological polar surface area (TPSA) is 72.3 Å². The predicted octanol–water partition coefficient (Wildman–Crippen LogP) is 0.940. The second kappa shape index (κ2) is 4.06. The van der Waals surface area contributed by atoms with E-state index in [0.29, 0.717) is 18.1 Å². The summed E-state index contributed by atoms with van der Waals surface area (Å²) in [7, 11) is 0. The number of aliphatic hydroxyl groups excluding tert-OH is 1. The molecule has 0 saturated heterocycles. The summed E-state index contributed by atoms with van der Waals surface area (Å²) >= 11 is 0. The molecule has 0 bridgehead atoms. The van der Waals surface area contributed by atoms with Gasteiger partial charge in [0, 0.05) is 12.8 Å². The van der Waals surface area contributed by atoms with Crippen molar-refractivity contribution in [1.29, 1.82) is 0 Å². The van der Waals surface area contributed by atoms with Gasteiger partial charge < -0.3 is 14.0 Å². The number of rotatable bonds is 4. The highest BCUT2D eigenvalue weighted by atomic mass is 16.5. The van der Waals surface area contributed by atoms with Crippen molar-refractivity contribution in [3.8, 4) is 0 Å².